The Bertz CT molecular complexity index is 216. The van der Waals surface area contributed by atoms with Gasteiger partial charge in [-0.3, -0.25) is 4.79 Å². The Labute approximate surface area is 80.9 Å². The lowest BCUT2D eigenvalue weighted by atomic mass is 9.72. The van der Waals surface area contributed by atoms with E-state index in [0.29, 0.717) is 18.6 Å². The van der Waals surface area contributed by atoms with Gasteiger partial charge in [0.25, 0.3) is 0 Å². The minimum Gasteiger partial charge on any atom is -0.299 e. The van der Waals surface area contributed by atoms with Crippen LogP contribution < -0.4 is 0 Å². The molecular formula is C12H18O. The first-order valence-electron chi connectivity index (χ1n) is 5.16. The molecule has 0 heterocycles. The van der Waals surface area contributed by atoms with Crippen molar-refractivity contribution < 1.29 is 4.79 Å². The molecule has 1 fully saturated rings. The summed E-state index contributed by atoms with van der Waals surface area (Å²) in [6.45, 7) is 2.10. The Hall–Kier alpha value is -0.770. The van der Waals surface area contributed by atoms with Gasteiger partial charge in [0.2, 0.25) is 0 Å². The van der Waals surface area contributed by atoms with E-state index in [9.17, 15) is 4.79 Å². The van der Waals surface area contributed by atoms with E-state index < -0.39 is 0 Å². The van der Waals surface area contributed by atoms with E-state index in [1.54, 1.807) is 0 Å². The van der Waals surface area contributed by atoms with Crippen LogP contribution in [0.4, 0.5) is 0 Å². The maximum Gasteiger partial charge on any atom is 0.139 e. The van der Waals surface area contributed by atoms with Gasteiger partial charge >= 0.3 is 0 Å². The molecule has 0 atom stereocenters. The van der Waals surface area contributed by atoms with E-state index in [4.69, 9.17) is 6.42 Å². The Morgan fingerprint density at radius 2 is 2.00 bits per heavy atom. The zero-order chi connectivity index (χ0) is 9.73. The number of carbonyl (C=O) groups is 1. The number of rotatable bonds is 3. The smallest absolute Gasteiger partial charge is 0.139 e. The third-order valence-electron chi connectivity index (χ3n) is 3.13. The van der Waals surface area contributed by atoms with Crippen molar-refractivity contribution in [2.75, 3.05) is 0 Å². The Morgan fingerprint density at radius 1 is 1.38 bits per heavy atom. The highest BCUT2D eigenvalue weighted by Gasteiger charge is 2.33. The largest absolute Gasteiger partial charge is 0.299 e. The summed E-state index contributed by atoms with van der Waals surface area (Å²) in [6.07, 6.45) is 12.2. The molecule has 1 aliphatic carbocycles. The van der Waals surface area contributed by atoms with Crippen molar-refractivity contribution in [3.8, 4) is 12.3 Å². The normalized spacial score (nSPS) is 20.6. The van der Waals surface area contributed by atoms with Crippen LogP contribution in [0.1, 0.15) is 51.9 Å². The molecule has 1 saturated carbocycles. The molecule has 0 saturated heterocycles. The van der Waals surface area contributed by atoms with Crippen molar-refractivity contribution in [2.45, 2.75) is 51.9 Å². The molecule has 0 radical (unpaired) electrons. The second-order valence-corrected chi connectivity index (χ2v) is 4.25. The Kier molecular flexibility index (Phi) is 3.54. The summed E-state index contributed by atoms with van der Waals surface area (Å²) in [5.74, 6) is 2.91. The number of hydrogen-bond acceptors (Lipinski definition) is 1. The first-order chi connectivity index (χ1) is 6.19. The molecule has 1 heteroatoms. The maximum atomic E-state index is 11.8. The molecular weight excluding hydrogens is 160 g/mol. The zero-order valence-corrected chi connectivity index (χ0v) is 8.44. The number of terminal acetylenes is 1. The fourth-order valence-electron chi connectivity index (χ4n) is 2.10. The summed E-state index contributed by atoms with van der Waals surface area (Å²) >= 11 is 0. The van der Waals surface area contributed by atoms with Crippen LogP contribution in [0, 0.1) is 17.8 Å². The average Bonchev–Trinajstić information content (AvgIpc) is 2.15. The number of hydrogen-bond donors (Lipinski definition) is 0. The Morgan fingerprint density at radius 3 is 2.54 bits per heavy atom. The lowest BCUT2D eigenvalue weighted by molar-refractivity contribution is -0.129. The molecule has 0 N–H and O–H groups in total. The monoisotopic (exact) mass is 178 g/mol. The molecule has 13 heavy (non-hydrogen) atoms. The van der Waals surface area contributed by atoms with Crippen LogP contribution in [0.3, 0.4) is 0 Å². The van der Waals surface area contributed by atoms with Gasteiger partial charge in [-0.15, -0.1) is 12.3 Å². The van der Waals surface area contributed by atoms with Gasteiger partial charge in [0.15, 0.2) is 0 Å². The fourth-order valence-corrected chi connectivity index (χ4v) is 2.10. The molecule has 1 nitrogen and oxygen atoms in total. The lowest BCUT2D eigenvalue weighted by Crippen LogP contribution is -2.29. The van der Waals surface area contributed by atoms with E-state index in [1.807, 2.05) is 0 Å². The average molecular weight is 178 g/mol. The predicted molar refractivity (Wildman–Crippen MR) is 54.3 cm³/mol. The van der Waals surface area contributed by atoms with Crippen molar-refractivity contribution in [2.24, 2.45) is 5.41 Å². The van der Waals surface area contributed by atoms with Crippen LogP contribution in [-0.2, 0) is 4.79 Å². The lowest BCUT2D eigenvalue weighted by Gasteiger charge is -2.31. The molecule has 0 aliphatic heterocycles. The van der Waals surface area contributed by atoms with E-state index in [-0.39, 0.29) is 5.41 Å². The maximum absolute atomic E-state index is 11.8. The van der Waals surface area contributed by atoms with E-state index in [2.05, 4.69) is 12.8 Å². The summed E-state index contributed by atoms with van der Waals surface area (Å²) in [5.41, 5.74) is -0.0465. The van der Waals surface area contributed by atoms with Crippen LogP contribution in [0.2, 0.25) is 0 Å². The van der Waals surface area contributed by atoms with Crippen LogP contribution in [0.5, 0.6) is 0 Å². The quantitative estimate of drug-likeness (QED) is 0.607. The SMILES string of the molecule is C#CCCC(=O)C1(C)CCCCC1. The van der Waals surface area contributed by atoms with Crippen molar-refractivity contribution in [3.05, 3.63) is 0 Å². The zero-order valence-electron chi connectivity index (χ0n) is 8.44. The summed E-state index contributed by atoms with van der Waals surface area (Å²) in [6, 6.07) is 0. The molecule has 0 aromatic heterocycles. The van der Waals surface area contributed by atoms with Gasteiger partial charge in [0, 0.05) is 18.3 Å². The van der Waals surface area contributed by atoms with E-state index >= 15 is 0 Å². The molecule has 0 aromatic rings. The van der Waals surface area contributed by atoms with Crippen molar-refractivity contribution in [1.82, 2.24) is 0 Å². The van der Waals surface area contributed by atoms with Gasteiger partial charge in [-0.1, -0.05) is 26.2 Å². The molecule has 0 spiro atoms. The number of carbonyl (C=O) groups excluding carboxylic acids is 1. The molecule has 1 aliphatic rings. The minimum absolute atomic E-state index is 0.0465. The third-order valence-corrected chi connectivity index (χ3v) is 3.13. The standard InChI is InChI=1S/C12H18O/c1-3-4-8-11(13)12(2)9-6-5-7-10-12/h1H,4-10H2,2H3. The third kappa shape index (κ3) is 2.59. The van der Waals surface area contributed by atoms with Gasteiger partial charge in [-0.25, -0.2) is 0 Å². The fraction of sp³-hybridized carbons (Fsp3) is 0.750. The summed E-state index contributed by atoms with van der Waals surface area (Å²) in [5, 5.41) is 0. The summed E-state index contributed by atoms with van der Waals surface area (Å²) in [4.78, 5) is 11.8. The van der Waals surface area contributed by atoms with Crippen LogP contribution in [0.25, 0.3) is 0 Å². The van der Waals surface area contributed by atoms with Gasteiger partial charge in [-0.2, -0.15) is 0 Å². The van der Waals surface area contributed by atoms with E-state index in [0.717, 1.165) is 12.8 Å². The molecule has 0 bridgehead atoms. The molecule has 0 aromatic carbocycles. The first-order valence-corrected chi connectivity index (χ1v) is 5.16. The van der Waals surface area contributed by atoms with Crippen LogP contribution in [0.15, 0.2) is 0 Å². The molecule has 72 valence electrons. The highest BCUT2D eigenvalue weighted by Crippen LogP contribution is 2.37. The van der Waals surface area contributed by atoms with Crippen LogP contribution in [-0.4, -0.2) is 5.78 Å². The molecule has 1 rings (SSSR count). The van der Waals surface area contributed by atoms with Gasteiger partial charge < -0.3 is 0 Å². The highest BCUT2D eigenvalue weighted by molar-refractivity contribution is 5.84. The topological polar surface area (TPSA) is 17.1 Å². The van der Waals surface area contributed by atoms with Gasteiger partial charge in [0.05, 0.1) is 0 Å². The summed E-state index contributed by atoms with van der Waals surface area (Å²) < 4.78 is 0. The second-order valence-electron chi connectivity index (χ2n) is 4.25. The number of Topliss-reactive ketones (excluding diaryl/α,β-unsaturated/α-hetero) is 1. The first kappa shape index (κ1) is 10.3. The highest BCUT2D eigenvalue weighted by atomic mass is 16.1. The minimum atomic E-state index is -0.0465. The van der Waals surface area contributed by atoms with Crippen LogP contribution >= 0.6 is 0 Å². The van der Waals surface area contributed by atoms with E-state index in [1.165, 1.54) is 19.3 Å². The van der Waals surface area contributed by atoms with Crippen molar-refractivity contribution >= 4 is 5.78 Å². The molecule has 0 amide bonds. The molecule has 0 unspecified atom stereocenters. The van der Waals surface area contributed by atoms with Crippen molar-refractivity contribution in [3.63, 3.8) is 0 Å². The van der Waals surface area contributed by atoms with Gasteiger partial charge in [0.1, 0.15) is 5.78 Å². The Balaban J connectivity index is 2.47. The van der Waals surface area contributed by atoms with Crippen molar-refractivity contribution in [1.29, 1.82) is 0 Å². The number of ketones is 1. The summed E-state index contributed by atoms with van der Waals surface area (Å²) in [7, 11) is 0. The second kappa shape index (κ2) is 4.46. The predicted octanol–water partition coefficient (Wildman–Crippen LogP) is 2.94. The van der Waals surface area contributed by atoms with Gasteiger partial charge in [-0.05, 0) is 12.8 Å².